The molecular weight excluding hydrogens is 254 g/mol. The third-order valence-corrected chi connectivity index (χ3v) is 3.44. The van der Waals surface area contributed by atoms with Gasteiger partial charge in [-0.1, -0.05) is 24.3 Å². The van der Waals surface area contributed by atoms with Gasteiger partial charge in [-0.3, -0.25) is 8.98 Å². The standard InChI is InChI=1S/C12H15NO4S/c1-8(14)13-12-10-6-4-3-5-9(10)7-11(12)17-18(2,15)16/h3-6,11-12H,7H2,1-2H3,(H,13,14)/t11-,12+/m0/s1. The van der Waals surface area contributed by atoms with Crippen molar-refractivity contribution in [3.63, 3.8) is 0 Å². The Kier molecular flexibility index (Phi) is 3.41. The Morgan fingerprint density at radius 3 is 2.67 bits per heavy atom. The first kappa shape index (κ1) is 13.0. The van der Waals surface area contributed by atoms with E-state index in [2.05, 4.69) is 5.32 Å². The molecule has 1 amide bonds. The second-order valence-corrected chi connectivity index (χ2v) is 6.02. The number of fused-ring (bicyclic) bond motifs is 1. The molecule has 0 radical (unpaired) electrons. The summed E-state index contributed by atoms with van der Waals surface area (Å²) < 4.78 is 27.5. The highest BCUT2D eigenvalue weighted by molar-refractivity contribution is 7.86. The minimum absolute atomic E-state index is 0.209. The second kappa shape index (κ2) is 4.70. The zero-order chi connectivity index (χ0) is 13.3. The van der Waals surface area contributed by atoms with Gasteiger partial charge < -0.3 is 5.32 Å². The molecule has 0 unspecified atom stereocenters. The number of benzene rings is 1. The molecule has 18 heavy (non-hydrogen) atoms. The van der Waals surface area contributed by atoms with Crippen molar-refractivity contribution in [3.8, 4) is 0 Å². The third-order valence-electron chi connectivity index (χ3n) is 2.84. The van der Waals surface area contributed by atoms with Crippen LogP contribution in [0.2, 0.25) is 0 Å². The summed E-state index contributed by atoms with van der Waals surface area (Å²) in [5.74, 6) is -0.209. The normalized spacial score (nSPS) is 22.6. The summed E-state index contributed by atoms with van der Waals surface area (Å²) in [5, 5.41) is 2.74. The molecule has 0 saturated heterocycles. The number of nitrogens with one attached hydrogen (secondary N) is 1. The van der Waals surface area contributed by atoms with E-state index in [1.165, 1.54) is 6.92 Å². The van der Waals surface area contributed by atoms with Gasteiger partial charge in [-0.05, 0) is 11.1 Å². The number of amides is 1. The summed E-state index contributed by atoms with van der Waals surface area (Å²) in [6.45, 7) is 1.40. The molecule has 1 aromatic carbocycles. The van der Waals surface area contributed by atoms with Crippen LogP contribution in [0.25, 0.3) is 0 Å². The van der Waals surface area contributed by atoms with Crippen molar-refractivity contribution in [1.82, 2.24) is 5.32 Å². The number of hydrogen-bond acceptors (Lipinski definition) is 4. The fourth-order valence-electron chi connectivity index (χ4n) is 2.26. The smallest absolute Gasteiger partial charge is 0.264 e. The van der Waals surface area contributed by atoms with Crippen molar-refractivity contribution >= 4 is 16.0 Å². The molecule has 6 heteroatoms. The molecule has 5 nitrogen and oxygen atoms in total. The lowest BCUT2D eigenvalue weighted by Crippen LogP contribution is -2.34. The van der Waals surface area contributed by atoms with Gasteiger partial charge in [0, 0.05) is 13.3 Å². The molecule has 0 spiro atoms. The quantitative estimate of drug-likeness (QED) is 0.822. The molecule has 1 aliphatic rings. The molecule has 98 valence electrons. The maximum Gasteiger partial charge on any atom is 0.264 e. The minimum atomic E-state index is -3.55. The lowest BCUT2D eigenvalue weighted by atomic mass is 10.1. The molecule has 0 fully saturated rings. The van der Waals surface area contributed by atoms with Crippen molar-refractivity contribution in [2.75, 3.05) is 6.26 Å². The third kappa shape index (κ3) is 2.88. The maximum atomic E-state index is 11.2. The van der Waals surface area contributed by atoms with E-state index < -0.39 is 22.3 Å². The highest BCUT2D eigenvalue weighted by Gasteiger charge is 2.35. The monoisotopic (exact) mass is 269 g/mol. The maximum absolute atomic E-state index is 11.2. The van der Waals surface area contributed by atoms with Crippen LogP contribution in [0.4, 0.5) is 0 Å². The van der Waals surface area contributed by atoms with Crippen LogP contribution < -0.4 is 5.32 Å². The lowest BCUT2D eigenvalue weighted by molar-refractivity contribution is -0.120. The molecule has 1 aliphatic carbocycles. The van der Waals surface area contributed by atoms with Crippen LogP contribution in [-0.4, -0.2) is 26.7 Å². The van der Waals surface area contributed by atoms with Gasteiger partial charge in [0.1, 0.15) is 6.10 Å². The van der Waals surface area contributed by atoms with Gasteiger partial charge in [0.15, 0.2) is 0 Å². The fourth-order valence-corrected chi connectivity index (χ4v) is 2.89. The Morgan fingerprint density at radius 1 is 1.39 bits per heavy atom. The molecule has 0 bridgehead atoms. The highest BCUT2D eigenvalue weighted by Crippen LogP contribution is 2.33. The zero-order valence-corrected chi connectivity index (χ0v) is 11.0. The first-order chi connectivity index (χ1) is 8.37. The van der Waals surface area contributed by atoms with E-state index in [1.807, 2.05) is 24.3 Å². The van der Waals surface area contributed by atoms with Gasteiger partial charge in [0.05, 0.1) is 12.3 Å². The number of carbonyl (C=O) groups excluding carboxylic acids is 1. The van der Waals surface area contributed by atoms with E-state index in [0.717, 1.165) is 17.4 Å². The SMILES string of the molecule is CC(=O)N[C@@H]1c2ccccc2C[C@@H]1OS(C)(=O)=O. The van der Waals surface area contributed by atoms with Crippen molar-refractivity contribution in [2.24, 2.45) is 0 Å². The van der Waals surface area contributed by atoms with E-state index in [4.69, 9.17) is 4.18 Å². The fraction of sp³-hybridized carbons (Fsp3) is 0.417. The van der Waals surface area contributed by atoms with Gasteiger partial charge in [-0.15, -0.1) is 0 Å². The molecule has 1 aromatic rings. The molecule has 2 rings (SSSR count). The first-order valence-electron chi connectivity index (χ1n) is 5.60. The van der Waals surface area contributed by atoms with Gasteiger partial charge in [0.2, 0.25) is 5.91 Å². The Labute approximate surface area is 106 Å². The Morgan fingerprint density at radius 2 is 2.06 bits per heavy atom. The van der Waals surface area contributed by atoms with E-state index >= 15 is 0 Å². The molecule has 0 saturated carbocycles. The van der Waals surface area contributed by atoms with Gasteiger partial charge in [-0.2, -0.15) is 8.42 Å². The van der Waals surface area contributed by atoms with Gasteiger partial charge >= 0.3 is 0 Å². The second-order valence-electron chi connectivity index (χ2n) is 4.42. The topological polar surface area (TPSA) is 72.5 Å². The Balaban J connectivity index is 2.30. The van der Waals surface area contributed by atoms with Crippen LogP contribution >= 0.6 is 0 Å². The van der Waals surface area contributed by atoms with Crippen molar-refractivity contribution in [1.29, 1.82) is 0 Å². The summed E-state index contributed by atoms with van der Waals surface area (Å²) in [6, 6.07) is 7.12. The Hall–Kier alpha value is -1.40. The number of carbonyl (C=O) groups is 1. The average Bonchev–Trinajstić information content (AvgIpc) is 2.54. The van der Waals surface area contributed by atoms with E-state index in [0.29, 0.717) is 6.42 Å². The van der Waals surface area contributed by atoms with E-state index in [-0.39, 0.29) is 5.91 Å². The molecule has 0 aliphatic heterocycles. The molecule has 0 heterocycles. The molecular formula is C12H15NO4S. The van der Waals surface area contributed by atoms with Crippen molar-refractivity contribution < 1.29 is 17.4 Å². The number of rotatable bonds is 3. The average molecular weight is 269 g/mol. The van der Waals surface area contributed by atoms with Crippen LogP contribution in [0.1, 0.15) is 24.1 Å². The van der Waals surface area contributed by atoms with Crippen LogP contribution in [0.5, 0.6) is 0 Å². The lowest BCUT2D eigenvalue weighted by Gasteiger charge is -2.20. The highest BCUT2D eigenvalue weighted by atomic mass is 32.2. The summed E-state index contributed by atoms with van der Waals surface area (Å²) in [7, 11) is -3.55. The van der Waals surface area contributed by atoms with Crippen molar-refractivity contribution in [2.45, 2.75) is 25.5 Å². The largest absolute Gasteiger partial charge is 0.347 e. The van der Waals surface area contributed by atoms with Crippen LogP contribution in [-0.2, 0) is 25.5 Å². The number of hydrogen-bond donors (Lipinski definition) is 1. The van der Waals surface area contributed by atoms with Crippen LogP contribution in [0.3, 0.4) is 0 Å². The van der Waals surface area contributed by atoms with Crippen LogP contribution in [0, 0.1) is 0 Å². The summed E-state index contributed by atoms with van der Waals surface area (Å²) >= 11 is 0. The molecule has 0 aromatic heterocycles. The summed E-state index contributed by atoms with van der Waals surface area (Å²) in [4.78, 5) is 11.2. The Bertz CT molecular complexity index is 567. The predicted octanol–water partition coefficient (Wildman–Crippen LogP) is 0.765. The van der Waals surface area contributed by atoms with Crippen LogP contribution in [0.15, 0.2) is 24.3 Å². The van der Waals surface area contributed by atoms with Crippen molar-refractivity contribution in [3.05, 3.63) is 35.4 Å². The van der Waals surface area contributed by atoms with Gasteiger partial charge in [-0.25, -0.2) is 0 Å². The minimum Gasteiger partial charge on any atom is -0.347 e. The van der Waals surface area contributed by atoms with E-state index in [9.17, 15) is 13.2 Å². The van der Waals surface area contributed by atoms with E-state index in [1.54, 1.807) is 0 Å². The summed E-state index contributed by atoms with van der Waals surface area (Å²) in [6.07, 6.45) is 0.927. The summed E-state index contributed by atoms with van der Waals surface area (Å²) in [5.41, 5.74) is 1.92. The molecule has 1 N–H and O–H groups in total. The first-order valence-corrected chi connectivity index (χ1v) is 7.41. The predicted molar refractivity (Wildman–Crippen MR) is 66.4 cm³/mol. The molecule has 2 atom stereocenters. The zero-order valence-electron chi connectivity index (χ0n) is 10.2. The van der Waals surface area contributed by atoms with Gasteiger partial charge in [0.25, 0.3) is 10.1 Å².